The summed E-state index contributed by atoms with van der Waals surface area (Å²) in [7, 11) is -3.82. The molecule has 0 bridgehead atoms. The van der Waals surface area contributed by atoms with Crippen LogP contribution in [0.1, 0.15) is 44.1 Å². The Labute approximate surface area is 260 Å². The summed E-state index contributed by atoms with van der Waals surface area (Å²) < 4.78 is 59.5. The summed E-state index contributed by atoms with van der Waals surface area (Å²) in [5, 5.41) is 2.80. The van der Waals surface area contributed by atoms with Gasteiger partial charge in [-0.1, -0.05) is 11.6 Å². The van der Waals surface area contributed by atoms with E-state index in [1.165, 1.54) is 28.6 Å². The van der Waals surface area contributed by atoms with Gasteiger partial charge in [-0.15, -0.1) is 0 Å². The lowest BCUT2D eigenvalue weighted by Crippen LogP contribution is -2.49. The Kier molecular flexibility index (Phi) is 9.75. The Hall–Kier alpha value is -2.91. The molecule has 11 nitrogen and oxygen atoms in total. The molecule has 3 heterocycles. The zero-order valence-corrected chi connectivity index (χ0v) is 25.9. The number of hydrogen-bond donors (Lipinski definition) is 3. The molecular formula is C29H38ClF2N7O4S. The minimum Gasteiger partial charge on any atom is -0.354 e. The number of amides is 2. The van der Waals surface area contributed by atoms with Crippen molar-refractivity contribution >= 4 is 44.9 Å². The van der Waals surface area contributed by atoms with Crippen LogP contribution in [0.3, 0.4) is 0 Å². The number of anilines is 2. The zero-order valence-electron chi connectivity index (χ0n) is 24.3. The van der Waals surface area contributed by atoms with Crippen LogP contribution in [0.15, 0.2) is 41.3 Å². The van der Waals surface area contributed by atoms with Crippen LogP contribution >= 0.6 is 11.6 Å². The van der Waals surface area contributed by atoms with Crippen LogP contribution in [0.25, 0.3) is 0 Å². The Morgan fingerprint density at radius 1 is 1.07 bits per heavy atom. The topological polar surface area (TPSA) is 155 Å². The second-order valence-corrected chi connectivity index (χ2v) is 14.0. The van der Waals surface area contributed by atoms with Gasteiger partial charge >= 0.3 is 0 Å². The van der Waals surface area contributed by atoms with Gasteiger partial charge in [-0.3, -0.25) is 9.59 Å². The number of nitrogens with zero attached hydrogens (tertiary/aromatic N) is 4. The molecule has 2 aliphatic heterocycles. The molecule has 2 saturated heterocycles. The molecule has 1 aromatic heterocycles. The second-order valence-electron chi connectivity index (χ2n) is 11.7. The number of nitrogens with two attached hydrogens (primary N) is 2. The maximum atomic E-state index is 15.7. The number of carbonyl (C=O) groups excluding carboxylic acids is 2. The molecule has 5 rings (SSSR count). The maximum absolute atomic E-state index is 15.7. The SMILES string of the molecule is NCCC(=O)NC1CCC(C(F)(F)c2cc(Cl)nc(N3CCN(S(=O)(=O)c4ccc(N5C[C@H](N)CC5=O)cc4)CC3)c2)CC1. The molecule has 15 heteroatoms. The van der Waals surface area contributed by atoms with Crippen molar-refractivity contribution in [1.29, 1.82) is 0 Å². The van der Waals surface area contributed by atoms with Gasteiger partial charge in [-0.05, 0) is 62.1 Å². The Morgan fingerprint density at radius 2 is 1.73 bits per heavy atom. The fourth-order valence-electron chi connectivity index (χ4n) is 6.19. The van der Waals surface area contributed by atoms with Crippen LogP contribution in [0, 0.1) is 5.92 Å². The van der Waals surface area contributed by atoms with Crippen LogP contribution in [-0.2, 0) is 25.5 Å². The van der Waals surface area contributed by atoms with E-state index < -0.39 is 21.9 Å². The van der Waals surface area contributed by atoms with Gasteiger partial charge < -0.3 is 26.6 Å². The van der Waals surface area contributed by atoms with Gasteiger partial charge in [0.25, 0.3) is 5.92 Å². The molecule has 0 unspecified atom stereocenters. The zero-order chi connectivity index (χ0) is 31.6. The van der Waals surface area contributed by atoms with E-state index in [4.69, 9.17) is 23.1 Å². The lowest BCUT2D eigenvalue weighted by atomic mass is 9.80. The molecule has 3 aliphatic rings. The molecule has 240 valence electrons. The van der Waals surface area contributed by atoms with E-state index >= 15 is 8.78 Å². The quantitative estimate of drug-likeness (QED) is 0.349. The number of benzene rings is 1. The van der Waals surface area contributed by atoms with Crippen molar-refractivity contribution < 1.29 is 26.8 Å². The number of halogens is 3. The Morgan fingerprint density at radius 3 is 2.32 bits per heavy atom. The molecule has 0 radical (unpaired) electrons. The lowest BCUT2D eigenvalue weighted by Gasteiger charge is -2.36. The van der Waals surface area contributed by atoms with Crippen molar-refractivity contribution in [2.75, 3.05) is 49.1 Å². The smallest absolute Gasteiger partial charge is 0.276 e. The molecule has 3 fully saturated rings. The minimum atomic E-state index is -3.82. The van der Waals surface area contributed by atoms with Crippen LogP contribution in [0.5, 0.6) is 0 Å². The fourth-order valence-corrected chi connectivity index (χ4v) is 7.82. The number of pyridine rings is 1. The summed E-state index contributed by atoms with van der Waals surface area (Å²) >= 11 is 6.22. The van der Waals surface area contributed by atoms with Crippen LogP contribution in [-0.4, -0.2) is 80.9 Å². The number of alkyl halides is 2. The van der Waals surface area contributed by atoms with Crippen molar-refractivity contribution in [2.45, 2.75) is 61.4 Å². The molecule has 44 heavy (non-hydrogen) atoms. The van der Waals surface area contributed by atoms with Crippen molar-refractivity contribution in [1.82, 2.24) is 14.6 Å². The van der Waals surface area contributed by atoms with Gasteiger partial charge in [-0.2, -0.15) is 4.31 Å². The minimum absolute atomic E-state index is 0.0625. The average molecular weight is 654 g/mol. The summed E-state index contributed by atoms with van der Waals surface area (Å²) in [6.45, 7) is 1.36. The number of carbonyl (C=O) groups is 2. The summed E-state index contributed by atoms with van der Waals surface area (Å²) in [6, 6.07) is 8.29. The van der Waals surface area contributed by atoms with Gasteiger partial charge in [0.2, 0.25) is 21.8 Å². The van der Waals surface area contributed by atoms with E-state index in [0.29, 0.717) is 25.1 Å². The largest absolute Gasteiger partial charge is 0.354 e. The van der Waals surface area contributed by atoms with Crippen LogP contribution < -0.4 is 26.6 Å². The highest BCUT2D eigenvalue weighted by Crippen LogP contribution is 2.45. The number of aromatic nitrogens is 1. The van der Waals surface area contributed by atoms with E-state index in [1.54, 1.807) is 21.9 Å². The number of sulfonamides is 1. The molecular weight excluding hydrogens is 616 g/mol. The van der Waals surface area contributed by atoms with Crippen molar-refractivity contribution in [3.63, 3.8) is 0 Å². The highest BCUT2D eigenvalue weighted by atomic mass is 35.5. The third-order valence-electron chi connectivity index (χ3n) is 8.65. The van der Waals surface area contributed by atoms with Gasteiger partial charge in [0, 0.05) is 81.4 Å². The van der Waals surface area contributed by atoms with Crippen molar-refractivity contribution in [2.24, 2.45) is 17.4 Å². The predicted molar refractivity (Wildman–Crippen MR) is 163 cm³/mol. The first-order valence-corrected chi connectivity index (χ1v) is 16.7. The average Bonchev–Trinajstić information content (AvgIpc) is 3.34. The molecule has 2 amide bonds. The molecule has 1 aromatic carbocycles. The first-order valence-electron chi connectivity index (χ1n) is 14.8. The second kappa shape index (κ2) is 13.2. The molecule has 1 aliphatic carbocycles. The highest BCUT2D eigenvalue weighted by Gasteiger charge is 2.44. The molecule has 5 N–H and O–H groups in total. The van der Waals surface area contributed by atoms with Gasteiger partial charge in [0.1, 0.15) is 11.0 Å². The lowest BCUT2D eigenvalue weighted by molar-refractivity contribution is -0.122. The van der Waals surface area contributed by atoms with Crippen LogP contribution in [0.2, 0.25) is 5.15 Å². The normalized spacial score (nSPS) is 23.7. The maximum Gasteiger partial charge on any atom is 0.276 e. The van der Waals surface area contributed by atoms with Gasteiger partial charge in [-0.25, -0.2) is 22.2 Å². The number of piperazine rings is 1. The van der Waals surface area contributed by atoms with E-state index in [-0.39, 0.29) is 104 Å². The molecule has 2 aromatic rings. The monoisotopic (exact) mass is 653 g/mol. The van der Waals surface area contributed by atoms with Crippen molar-refractivity contribution in [3.05, 3.63) is 47.1 Å². The number of hydrogen-bond acceptors (Lipinski definition) is 8. The number of rotatable bonds is 9. The van der Waals surface area contributed by atoms with Gasteiger partial charge in [0.15, 0.2) is 0 Å². The van der Waals surface area contributed by atoms with Crippen molar-refractivity contribution in [3.8, 4) is 0 Å². The summed E-state index contributed by atoms with van der Waals surface area (Å²) in [4.78, 5) is 31.7. The van der Waals surface area contributed by atoms with Gasteiger partial charge in [0.05, 0.1) is 4.90 Å². The summed E-state index contributed by atoms with van der Waals surface area (Å²) in [5.74, 6) is -4.07. The first kappa shape index (κ1) is 32.5. The van der Waals surface area contributed by atoms with E-state index in [9.17, 15) is 18.0 Å². The van der Waals surface area contributed by atoms with E-state index in [2.05, 4.69) is 10.3 Å². The van der Waals surface area contributed by atoms with Crippen LogP contribution in [0.4, 0.5) is 20.3 Å². The fraction of sp³-hybridized carbons (Fsp3) is 0.552. The first-order chi connectivity index (χ1) is 20.9. The van der Waals surface area contributed by atoms with E-state index in [1.807, 2.05) is 0 Å². The molecule has 1 saturated carbocycles. The predicted octanol–water partition coefficient (Wildman–Crippen LogP) is 2.43. The highest BCUT2D eigenvalue weighted by molar-refractivity contribution is 7.89. The Bertz CT molecular complexity index is 1460. The molecule has 1 atom stereocenters. The standard InChI is InChI=1S/C29H38ClF2N7O4S/c30-25-15-20(29(31,32)19-1-3-22(4-2-19)35-27(40)9-10-33)16-26(36-25)37-11-13-38(14-12-37)44(42,43)24-7-5-23(6-8-24)39-18-21(34)17-28(39)41/h5-8,15-16,19,21-22H,1-4,9-14,17-18,33-34H2,(H,35,40)/t19?,21-,22?/m1/s1. The van der Waals surface area contributed by atoms with E-state index in [0.717, 1.165) is 0 Å². The Balaban J connectivity index is 1.21. The number of nitrogens with one attached hydrogen (secondary N) is 1. The summed E-state index contributed by atoms with van der Waals surface area (Å²) in [6.07, 6.45) is 1.85. The third kappa shape index (κ3) is 6.99. The molecule has 0 spiro atoms. The third-order valence-corrected chi connectivity index (χ3v) is 10.8. The summed E-state index contributed by atoms with van der Waals surface area (Å²) in [5.41, 5.74) is 11.6.